The van der Waals surface area contributed by atoms with Gasteiger partial charge in [-0.3, -0.25) is 14.4 Å². The van der Waals surface area contributed by atoms with E-state index in [-0.39, 0.29) is 45.9 Å². The molecule has 0 radical (unpaired) electrons. The van der Waals surface area contributed by atoms with Crippen molar-refractivity contribution in [1.82, 2.24) is 5.32 Å². The van der Waals surface area contributed by atoms with Gasteiger partial charge in [0, 0.05) is 25.8 Å². The quantitative estimate of drug-likeness (QED) is 0.315. The number of allylic oxidation sites excluding steroid dienone is 1. The van der Waals surface area contributed by atoms with E-state index in [0.717, 1.165) is 50.5 Å². The SMILES string of the molecule is C=N.CNC(=O)C12CCC3C(CCC4[C@@]3(C)CCC3C(C)(C)[C@@H](OC(C)=O)CC[C@@]34C)C1=C(C(C)C)C(=O)C2. The van der Waals surface area contributed by atoms with Crippen LogP contribution in [0.25, 0.3) is 0 Å². The Balaban J connectivity index is 0.00000172. The molecule has 0 aromatic rings. The van der Waals surface area contributed by atoms with Gasteiger partial charge in [-0.15, -0.1) is 0 Å². The van der Waals surface area contributed by atoms with Gasteiger partial charge < -0.3 is 15.5 Å². The lowest BCUT2D eigenvalue weighted by atomic mass is 9.36. The summed E-state index contributed by atoms with van der Waals surface area (Å²) >= 11 is 0. The minimum Gasteiger partial charge on any atom is -0.462 e. The average molecular weight is 541 g/mol. The highest BCUT2D eigenvalue weighted by molar-refractivity contribution is 6.06. The predicted octanol–water partition coefficient (Wildman–Crippen LogP) is 6.52. The van der Waals surface area contributed by atoms with Crippen LogP contribution in [0, 0.1) is 56.7 Å². The summed E-state index contributed by atoms with van der Waals surface area (Å²) in [5.41, 5.74) is 1.96. The van der Waals surface area contributed by atoms with E-state index in [9.17, 15) is 14.4 Å². The monoisotopic (exact) mass is 540 g/mol. The second-order valence-electron chi connectivity index (χ2n) is 14.7. The van der Waals surface area contributed by atoms with Gasteiger partial charge in [-0.1, -0.05) is 41.5 Å². The van der Waals surface area contributed by atoms with Crippen LogP contribution in [-0.4, -0.2) is 37.5 Å². The fourth-order valence-electron chi connectivity index (χ4n) is 11.2. The summed E-state index contributed by atoms with van der Waals surface area (Å²) in [6.07, 6.45) is 8.83. The summed E-state index contributed by atoms with van der Waals surface area (Å²) in [6, 6.07) is 0. The van der Waals surface area contributed by atoms with Crippen molar-refractivity contribution in [1.29, 1.82) is 5.41 Å². The summed E-state index contributed by atoms with van der Waals surface area (Å²) in [6.45, 7) is 18.1. The van der Waals surface area contributed by atoms with Crippen molar-refractivity contribution >= 4 is 24.4 Å². The maximum Gasteiger partial charge on any atom is 0.302 e. The number of nitrogens with one attached hydrogen (secondary N) is 2. The third-order valence-electron chi connectivity index (χ3n) is 12.5. The normalized spacial score (nSPS) is 42.3. The van der Waals surface area contributed by atoms with Gasteiger partial charge in [0.1, 0.15) is 6.10 Å². The second kappa shape index (κ2) is 10.1. The molecule has 0 spiro atoms. The Hall–Kier alpha value is -1.98. The van der Waals surface area contributed by atoms with Crippen molar-refractivity contribution in [3.8, 4) is 0 Å². The van der Waals surface area contributed by atoms with Gasteiger partial charge in [0.05, 0.1) is 5.41 Å². The van der Waals surface area contributed by atoms with Gasteiger partial charge in [-0.2, -0.15) is 0 Å². The molecule has 6 heteroatoms. The number of amides is 1. The molecule has 0 aromatic heterocycles. The highest BCUT2D eigenvalue weighted by Crippen LogP contribution is 2.73. The number of ether oxygens (including phenoxy) is 1. The van der Waals surface area contributed by atoms with Crippen molar-refractivity contribution < 1.29 is 19.1 Å². The molecule has 0 aliphatic heterocycles. The van der Waals surface area contributed by atoms with E-state index in [2.05, 4.69) is 53.6 Å². The molecule has 5 unspecified atom stereocenters. The Bertz CT molecular complexity index is 1060. The Morgan fingerprint density at radius 1 is 0.949 bits per heavy atom. The van der Waals surface area contributed by atoms with Crippen molar-refractivity contribution in [3.63, 3.8) is 0 Å². The molecule has 4 saturated carbocycles. The number of hydrogen-bond acceptors (Lipinski definition) is 5. The van der Waals surface area contributed by atoms with Crippen LogP contribution in [0.4, 0.5) is 0 Å². The molecule has 39 heavy (non-hydrogen) atoms. The lowest BCUT2D eigenvalue weighted by Gasteiger charge is -2.68. The van der Waals surface area contributed by atoms with Gasteiger partial charge in [0.15, 0.2) is 5.78 Å². The average Bonchev–Trinajstić information content (AvgIpc) is 3.19. The van der Waals surface area contributed by atoms with Crippen molar-refractivity contribution in [2.24, 2.45) is 51.2 Å². The summed E-state index contributed by atoms with van der Waals surface area (Å²) in [7, 11) is 1.73. The van der Waals surface area contributed by atoms with Crippen molar-refractivity contribution in [3.05, 3.63) is 11.1 Å². The lowest BCUT2D eigenvalue weighted by Crippen LogP contribution is -2.63. The molecular weight excluding hydrogens is 488 g/mol. The molecule has 0 bridgehead atoms. The highest BCUT2D eigenvalue weighted by Gasteiger charge is 2.67. The fraction of sp³-hybridized carbons (Fsp3) is 0.818. The topological polar surface area (TPSA) is 96.3 Å². The summed E-state index contributed by atoms with van der Waals surface area (Å²) in [5.74, 6) is 2.26. The molecule has 0 heterocycles. The fourth-order valence-corrected chi connectivity index (χ4v) is 11.2. The minimum atomic E-state index is -0.624. The van der Waals surface area contributed by atoms with Crippen LogP contribution in [0.15, 0.2) is 11.1 Å². The zero-order chi connectivity index (χ0) is 29.1. The van der Waals surface area contributed by atoms with E-state index in [4.69, 9.17) is 10.1 Å². The summed E-state index contributed by atoms with van der Waals surface area (Å²) in [4.78, 5) is 38.7. The first kappa shape index (κ1) is 30.0. The first-order valence-corrected chi connectivity index (χ1v) is 15.3. The number of rotatable bonds is 3. The van der Waals surface area contributed by atoms with Crippen LogP contribution in [-0.2, 0) is 19.1 Å². The van der Waals surface area contributed by atoms with Crippen LogP contribution < -0.4 is 5.32 Å². The molecular formula is C33H52N2O4. The van der Waals surface area contributed by atoms with E-state index in [0.29, 0.717) is 30.1 Å². The number of ketones is 1. The standard InChI is InChI=1S/C32H49NO4.CH3N/c1-18(2)26-22(35)17-32(28(36)33-8)16-11-21-20(27(26)32)9-10-24-30(21,6)14-12-23-29(4,5)25(37-19(3)34)13-15-31(23,24)7;1-2/h18,20-21,23-25H,9-17H2,1-8H3,(H,33,36);2H,1H2/t20?,21?,23?,24?,25-,30-,31-,32?;/m0./s1. The third-order valence-corrected chi connectivity index (χ3v) is 12.5. The minimum absolute atomic E-state index is 0.00474. The Morgan fingerprint density at radius 2 is 1.59 bits per heavy atom. The van der Waals surface area contributed by atoms with Gasteiger partial charge in [0.2, 0.25) is 5.91 Å². The first-order chi connectivity index (χ1) is 18.2. The number of esters is 1. The molecule has 0 aromatic carbocycles. The van der Waals surface area contributed by atoms with Crippen LogP contribution in [0.5, 0.6) is 0 Å². The Labute approximate surface area is 236 Å². The van der Waals surface area contributed by atoms with Gasteiger partial charge in [-0.05, 0) is 110 Å². The van der Waals surface area contributed by atoms with E-state index in [1.807, 2.05) is 0 Å². The van der Waals surface area contributed by atoms with Crippen molar-refractivity contribution in [2.45, 2.75) is 112 Å². The van der Waals surface area contributed by atoms with Crippen molar-refractivity contribution in [2.75, 3.05) is 7.05 Å². The van der Waals surface area contributed by atoms with Crippen LogP contribution in [0.1, 0.15) is 106 Å². The number of carbonyl (C=O) groups is 3. The van der Waals surface area contributed by atoms with Crippen LogP contribution in [0.2, 0.25) is 0 Å². The van der Waals surface area contributed by atoms with E-state index < -0.39 is 5.41 Å². The van der Waals surface area contributed by atoms with Crippen LogP contribution in [0.3, 0.4) is 0 Å². The second-order valence-corrected chi connectivity index (χ2v) is 14.7. The van der Waals surface area contributed by atoms with Gasteiger partial charge >= 0.3 is 5.97 Å². The molecule has 2 N–H and O–H groups in total. The van der Waals surface area contributed by atoms with Gasteiger partial charge in [-0.25, -0.2) is 0 Å². The maximum absolute atomic E-state index is 13.4. The molecule has 5 aliphatic carbocycles. The highest BCUT2D eigenvalue weighted by atomic mass is 16.5. The molecule has 4 fully saturated rings. The summed E-state index contributed by atoms with van der Waals surface area (Å²) < 4.78 is 5.87. The molecule has 5 aliphatic rings. The molecule has 218 valence electrons. The first-order valence-electron chi connectivity index (χ1n) is 15.3. The number of hydrogen-bond donors (Lipinski definition) is 2. The molecule has 5 rings (SSSR count). The third kappa shape index (κ3) is 4.17. The van der Waals surface area contributed by atoms with E-state index in [1.165, 1.54) is 12.0 Å². The molecule has 1 amide bonds. The zero-order valence-electron chi connectivity index (χ0n) is 25.7. The smallest absolute Gasteiger partial charge is 0.302 e. The molecule has 8 atom stereocenters. The van der Waals surface area contributed by atoms with E-state index in [1.54, 1.807) is 14.0 Å². The number of carbonyl (C=O) groups excluding carboxylic acids is 3. The van der Waals surface area contributed by atoms with Crippen LogP contribution >= 0.6 is 0 Å². The van der Waals surface area contributed by atoms with Gasteiger partial charge in [0.25, 0.3) is 0 Å². The molecule has 0 saturated heterocycles. The summed E-state index contributed by atoms with van der Waals surface area (Å²) in [5, 5.41) is 8.45. The van der Waals surface area contributed by atoms with E-state index >= 15 is 0 Å². The lowest BCUT2D eigenvalue weighted by molar-refractivity contribution is -0.212. The Morgan fingerprint density at radius 3 is 2.18 bits per heavy atom. The molecule has 6 nitrogen and oxygen atoms in total. The Kier molecular flexibility index (Phi) is 7.79. The zero-order valence-corrected chi connectivity index (χ0v) is 25.7. The largest absolute Gasteiger partial charge is 0.462 e. The number of fused-ring (bicyclic) bond motifs is 7. The number of Topliss-reactive ketones (excluding diaryl/α,β-unsaturated/α-hetero) is 1. The maximum atomic E-state index is 13.4. The predicted molar refractivity (Wildman–Crippen MR) is 154 cm³/mol.